The molecule has 0 saturated carbocycles. The number of aliphatic hydroxyl groups is 1. The zero-order valence-corrected chi connectivity index (χ0v) is 21.9. The van der Waals surface area contributed by atoms with Crippen molar-refractivity contribution in [1.29, 1.82) is 0 Å². The van der Waals surface area contributed by atoms with Gasteiger partial charge in [-0.05, 0) is 18.6 Å². The number of hydrogen-bond donors (Lipinski definition) is 2. The highest BCUT2D eigenvalue weighted by atomic mass is 32.2. The minimum absolute atomic E-state index is 0.0321. The third-order valence-corrected chi connectivity index (χ3v) is 7.96. The number of aromatic nitrogens is 5. The number of ether oxygens (including phenoxy) is 2. The zero-order chi connectivity index (χ0) is 27.6. The molecule has 0 spiro atoms. The van der Waals surface area contributed by atoms with Crippen molar-refractivity contribution in [2.24, 2.45) is 0 Å². The topological polar surface area (TPSA) is 145 Å². The third-order valence-electron chi connectivity index (χ3n) is 6.27. The Labute approximate surface area is 224 Å². The second-order valence-electron chi connectivity index (χ2n) is 8.82. The van der Waals surface area contributed by atoms with Crippen LogP contribution in [0.2, 0.25) is 0 Å². The lowest BCUT2D eigenvalue weighted by Gasteiger charge is -2.35. The number of hydrogen-bond acceptors (Lipinski definition) is 10. The van der Waals surface area contributed by atoms with Crippen molar-refractivity contribution in [3.63, 3.8) is 0 Å². The molecule has 1 saturated heterocycles. The molecule has 0 amide bonds. The number of methoxy groups -OCH3 is 2. The Bertz CT molecular complexity index is 1530. The highest BCUT2D eigenvalue weighted by Gasteiger charge is 2.37. The van der Waals surface area contributed by atoms with Gasteiger partial charge in [0.1, 0.15) is 22.4 Å². The van der Waals surface area contributed by atoms with E-state index >= 15 is 0 Å². The molecule has 1 aliphatic rings. The Balaban J connectivity index is 1.55. The molecule has 2 unspecified atom stereocenters. The van der Waals surface area contributed by atoms with Gasteiger partial charge >= 0.3 is 0 Å². The number of β-amino-alcohol motifs (C(OH)–C–C–N with tert-alkyl or cyclic N) is 1. The summed E-state index contributed by atoms with van der Waals surface area (Å²) in [6.07, 6.45) is 0.949. The van der Waals surface area contributed by atoms with Crippen molar-refractivity contribution < 1.29 is 27.4 Å². The molecule has 0 bridgehead atoms. The number of nitrogens with one attached hydrogen (secondary N) is 1. The Morgan fingerprint density at radius 3 is 2.28 bits per heavy atom. The van der Waals surface area contributed by atoms with Gasteiger partial charge < -0.3 is 19.5 Å². The molecule has 4 aromatic rings. The molecule has 2 aromatic heterocycles. The van der Waals surface area contributed by atoms with Gasteiger partial charge in [-0.25, -0.2) is 22.8 Å². The Morgan fingerprint density at radius 1 is 0.974 bits per heavy atom. The molecule has 3 heterocycles. The van der Waals surface area contributed by atoms with E-state index in [1.165, 1.54) is 23.7 Å². The first kappa shape index (κ1) is 26.3. The van der Waals surface area contributed by atoms with Crippen molar-refractivity contribution in [2.45, 2.75) is 17.8 Å². The average molecular weight is 556 g/mol. The molecule has 0 aliphatic carbocycles. The van der Waals surface area contributed by atoms with Crippen LogP contribution >= 0.6 is 0 Å². The molecule has 39 heavy (non-hydrogen) atoms. The van der Waals surface area contributed by atoms with E-state index in [0.717, 1.165) is 12.4 Å². The average Bonchev–Trinajstić information content (AvgIpc) is 3.35. The fraction of sp³-hybridized carbons (Fsp3) is 0.280. The molecule has 204 valence electrons. The highest BCUT2D eigenvalue weighted by molar-refractivity contribution is 7.93. The molecule has 14 heteroatoms. The van der Waals surface area contributed by atoms with E-state index in [1.807, 2.05) is 30.3 Å². The van der Waals surface area contributed by atoms with Crippen LogP contribution in [0.15, 0.2) is 60.9 Å². The summed E-state index contributed by atoms with van der Waals surface area (Å²) in [5.74, 6) is 0.549. The maximum absolute atomic E-state index is 13.7. The van der Waals surface area contributed by atoms with Crippen LogP contribution in [0.1, 0.15) is 6.42 Å². The van der Waals surface area contributed by atoms with E-state index in [0.29, 0.717) is 28.6 Å². The lowest BCUT2D eigenvalue weighted by Crippen LogP contribution is -2.50. The molecular weight excluding hydrogens is 529 g/mol. The number of benzene rings is 2. The monoisotopic (exact) mass is 555 g/mol. The highest BCUT2D eigenvalue weighted by Crippen LogP contribution is 2.38. The van der Waals surface area contributed by atoms with Gasteiger partial charge in [-0.2, -0.15) is 0 Å². The van der Waals surface area contributed by atoms with Gasteiger partial charge in [0.25, 0.3) is 0 Å². The van der Waals surface area contributed by atoms with Crippen LogP contribution in [0, 0.1) is 5.82 Å². The van der Waals surface area contributed by atoms with E-state index < -0.39 is 27.2 Å². The molecule has 12 nitrogen and oxygen atoms in total. The van der Waals surface area contributed by atoms with Gasteiger partial charge in [0, 0.05) is 18.7 Å². The summed E-state index contributed by atoms with van der Waals surface area (Å²) in [5, 5.41) is 17.9. The minimum atomic E-state index is -4.14. The first-order chi connectivity index (χ1) is 18.8. The molecule has 2 N–H and O–H groups in total. The second kappa shape index (κ2) is 10.8. The smallest absolute Gasteiger partial charge is 0.243 e. The second-order valence-corrected chi connectivity index (χ2v) is 10.8. The largest absolute Gasteiger partial charge is 0.494 e. The zero-order valence-electron chi connectivity index (χ0n) is 21.1. The van der Waals surface area contributed by atoms with E-state index in [9.17, 15) is 17.9 Å². The van der Waals surface area contributed by atoms with Crippen LogP contribution in [-0.2, 0) is 10.0 Å². The fourth-order valence-electron chi connectivity index (χ4n) is 4.48. The normalized spacial score (nSPS) is 17.6. The number of para-hydroxylation sites is 1. The number of nitrogens with zero attached hydrogens (tertiary/aromatic N) is 6. The van der Waals surface area contributed by atoms with E-state index in [2.05, 4.69) is 24.9 Å². The van der Waals surface area contributed by atoms with E-state index in [4.69, 9.17) is 9.47 Å². The molecule has 2 aromatic carbocycles. The van der Waals surface area contributed by atoms with Crippen LogP contribution < -0.4 is 19.1 Å². The standard InChI is InChI=1S/C25H26FN7O5S/c1-37-20-9-6-10-21(38-2)22(20)33-23(16-7-4-3-5-8-16)29-30-25(33)31-39(35,36)19-11-18(34)14-32(15-19)24-27-12-17(26)13-28-24/h3-10,12-13,18-19,34H,11,14-15H2,1-2H3,(H,30,31). The number of piperidine rings is 1. The van der Waals surface area contributed by atoms with Crippen molar-refractivity contribution >= 4 is 21.9 Å². The van der Waals surface area contributed by atoms with E-state index in [1.54, 1.807) is 18.2 Å². The van der Waals surface area contributed by atoms with Crippen molar-refractivity contribution in [2.75, 3.05) is 36.9 Å². The fourth-order valence-corrected chi connectivity index (χ4v) is 5.89. The number of halogens is 1. The van der Waals surface area contributed by atoms with Gasteiger partial charge in [0.15, 0.2) is 11.6 Å². The third kappa shape index (κ3) is 5.33. The van der Waals surface area contributed by atoms with Crippen molar-refractivity contribution in [3.8, 4) is 28.6 Å². The summed E-state index contributed by atoms with van der Waals surface area (Å²) < 4.78 is 55.9. The van der Waals surface area contributed by atoms with Crippen LogP contribution in [-0.4, -0.2) is 76.9 Å². The first-order valence-corrected chi connectivity index (χ1v) is 13.5. The van der Waals surface area contributed by atoms with Gasteiger partial charge in [-0.15, -0.1) is 10.2 Å². The Morgan fingerprint density at radius 2 is 1.64 bits per heavy atom. The lowest BCUT2D eigenvalue weighted by atomic mass is 10.1. The molecule has 1 fully saturated rings. The van der Waals surface area contributed by atoms with E-state index in [-0.39, 0.29) is 31.4 Å². The van der Waals surface area contributed by atoms with Gasteiger partial charge in [0.05, 0.1) is 32.7 Å². The molecule has 1 aliphatic heterocycles. The van der Waals surface area contributed by atoms with Gasteiger partial charge in [-0.3, -0.25) is 9.29 Å². The first-order valence-electron chi connectivity index (χ1n) is 11.9. The maximum Gasteiger partial charge on any atom is 0.243 e. The lowest BCUT2D eigenvalue weighted by molar-refractivity contribution is 0.154. The van der Waals surface area contributed by atoms with Crippen molar-refractivity contribution in [3.05, 3.63) is 66.7 Å². The Hall–Kier alpha value is -4.30. The summed E-state index contributed by atoms with van der Waals surface area (Å²) in [6, 6.07) is 14.3. The van der Waals surface area contributed by atoms with Crippen LogP contribution in [0.3, 0.4) is 0 Å². The summed E-state index contributed by atoms with van der Waals surface area (Å²) in [6.45, 7) is 0.0695. The molecule has 5 rings (SSSR count). The van der Waals surface area contributed by atoms with Crippen LogP contribution in [0.4, 0.5) is 16.3 Å². The number of aliphatic hydroxyl groups excluding tert-OH is 1. The molecule has 2 atom stereocenters. The number of rotatable bonds is 8. The summed E-state index contributed by atoms with van der Waals surface area (Å²) >= 11 is 0. The van der Waals surface area contributed by atoms with Gasteiger partial charge in [0.2, 0.25) is 21.9 Å². The Kier molecular flexibility index (Phi) is 7.30. The van der Waals surface area contributed by atoms with Crippen molar-refractivity contribution in [1.82, 2.24) is 24.7 Å². The minimum Gasteiger partial charge on any atom is -0.494 e. The predicted molar refractivity (Wildman–Crippen MR) is 141 cm³/mol. The summed E-state index contributed by atoms with van der Waals surface area (Å²) in [7, 11) is -1.16. The summed E-state index contributed by atoms with van der Waals surface area (Å²) in [5.41, 5.74) is 1.07. The quantitative estimate of drug-likeness (QED) is 0.332. The van der Waals surface area contributed by atoms with Gasteiger partial charge in [-0.1, -0.05) is 36.4 Å². The number of anilines is 2. The predicted octanol–water partition coefficient (Wildman–Crippen LogP) is 2.26. The number of sulfonamides is 1. The summed E-state index contributed by atoms with van der Waals surface area (Å²) in [4.78, 5) is 9.35. The SMILES string of the molecule is COc1cccc(OC)c1-n1c(NS(=O)(=O)C2CC(O)CN(c3ncc(F)cn3)C2)nnc1-c1ccccc1. The van der Waals surface area contributed by atoms with Crippen LogP contribution in [0.25, 0.3) is 17.1 Å². The van der Waals surface area contributed by atoms with Crippen LogP contribution in [0.5, 0.6) is 11.5 Å². The maximum atomic E-state index is 13.7. The molecule has 0 radical (unpaired) electrons. The molecular formula is C25H26FN7O5S.